The van der Waals surface area contributed by atoms with Crippen molar-refractivity contribution in [2.75, 3.05) is 7.11 Å². The van der Waals surface area contributed by atoms with Crippen LogP contribution in [0.1, 0.15) is 49.0 Å². The first kappa shape index (κ1) is 21.7. The molecule has 3 rings (SSSR count). The fourth-order valence-corrected chi connectivity index (χ4v) is 3.72. The SMILES string of the molecule is COc1ccc(C(=O)N[C@@H]2CCC[C@@H]2C(=O)NCc2ccc(OC(C)C)cc2)cc1. The van der Waals surface area contributed by atoms with Gasteiger partial charge < -0.3 is 20.1 Å². The average Bonchev–Trinajstić information content (AvgIpc) is 3.21. The number of ether oxygens (including phenoxy) is 2. The molecule has 2 amide bonds. The average molecular weight is 411 g/mol. The Balaban J connectivity index is 1.52. The third-order valence-corrected chi connectivity index (χ3v) is 5.28. The molecule has 1 aliphatic carbocycles. The molecular formula is C24H30N2O4. The number of hydrogen-bond donors (Lipinski definition) is 2. The minimum absolute atomic E-state index is 0.0185. The summed E-state index contributed by atoms with van der Waals surface area (Å²) in [5.74, 6) is 1.12. The van der Waals surface area contributed by atoms with Gasteiger partial charge in [-0.3, -0.25) is 9.59 Å². The molecule has 160 valence electrons. The van der Waals surface area contributed by atoms with E-state index in [1.54, 1.807) is 31.4 Å². The number of hydrogen-bond acceptors (Lipinski definition) is 4. The van der Waals surface area contributed by atoms with Crippen molar-refractivity contribution in [3.8, 4) is 11.5 Å². The Morgan fingerprint density at radius 2 is 1.67 bits per heavy atom. The van der Waals surface area contributed by atoms with Crippen molar-refractivity contribution in [1.82, 2.24) is 10.6 Å². The summed E-state index contributed by atoms with van der Waals surface area (Å²) >= 11 is 0. The van der Waals surface area contributed by atoms with Crippen molar-refractivity contribution >= 4 is 11.8 Å². The van der Waals surface area contributed by atoms with Gasteiger partial charge >= 0.3 is 0 Å². The lowest BCUT2D eigenvalue weighted by atomic mass is 10.0. The van der Waals surface area contributed by atoms with E-state index in [1.807, 2.05) is 38.1 Å². The van der Waals surface area contributed by atoms with Crippen LogP contribution in [0.4, 0.5) is 0 Å². The molecular weight excluding hydrogens is 380 g/mol. The maximum absolute atomic E-state index is 12.7. The Morgan fingerprint density at radius 1 is 1.00 bits per heavy atom. The highest BCUT2D eigenvalue weighted by Crippen LogP contribution is 2.26. The van der Waals surface area contributed by atoms with E-state index in [1.165, 1.54) is 0 Å². The molecule has 0 radical (unpaired) electrons. The van der Waals surface area contributed by atoms with Crippen molar-refractivity contribution in [1.29, 1.82) is 0 Å². The van der Waals surface area contributed by atoms with Gasteiger partial charge in [0.05, 0.1) is 19.1 Å². The monoisotopic (exact) mass is 410 g/mol. The van der Waals surface area contributed by atoms with Gasteiger partial charge in [-0.15, -0.1) is 0 Å². The second kappa shape index (κ2) is 10.1. The van der Waals surface area contributed by atoms with Crippen LogP contribution in [0.25, 0.3) is 0 Å². The molecule has 0 heterocycles. The maximum atomic E-state index is 12.7. The minimum Gasteiger partial charge on any atom is -0.497 e. The van der Waals surface area contributed by atoms with Crippen LogP contribution in [-0.4, -0.2) is 31.1 Å². The molecule has 2 N–H and O–H groups in total. The van der Waals surface area contributed by atoms with Crippen LogP contribution in [0.15, 0.2) is 48.5 Å². The van der Waals surface area contributed by atoms with Crippen molar-refractivity contribution < 1.29 is 19.1 Å². The second-order valence-electron chi connectivity index (χ2n) is 7.87. The van der Waals surface area contributed by atoms with E-state index in [-0.39, 0.29) is 29.9 Å². The molecule has 2 atom stereocenters. The molecule has 0 bridgehead atoms. The van der Waals surface area contributed by atoms with Gasteiger partial charge in [-0.1, -0.05) is 18.6 Å². The highest BCUT2D eigenvalue weighted by Gasteiger charge is 2.34. The second-order valence-corrected chi connectivity index (χ2v) is 7.87. The molecule has 0 unspecified atom stereocenters. The fourth-order valence-electron chi connectivity index (χ4n) is 3.72. The zero-order valence-corrected chi connectivity index (χ0v) is 17.8. The number of amides is 2. The molecule has 2 aromatic rings. The predicted octanol–water partition coefficient (Wildman–Crippen LogP) is 3.70. The normalized spacial score (nSPS) is 18.1. The molecule has 1 aliphatic rings. The topological polar surface area (TPSA) is 76.7 Å². The molecule has 1 saturated carbocycles. The van der Waals surface area contributed by atoms with Gasteiger partial charge in [0.1, 0.15) is 11.5 Å². The summed E-state index contributed by atoms with van der Waals surface area (Å²) in [5.41, 5.74) is 1.57. The first-order valence-corrected chi connectivity index (χ1v) is 10.4. The van der Waals surface area contributed by atoms with Crippen LogP contribution < -0.4 is 20.1 Å². The summed E-state index contributed by atoms with van der Waals surface area (Å²) in [5, 5.41) is 6.04. The zero-order valence-electron chi connectivity index (χ0n) is 17.8. The zero-order chi connectivity index (χ0) is 21.5. The molecule has 0 aliphatic heterocycles. The van der Waals surface area contributed by atoms with Gasteiger partial charge in [-0.25, -0.2) is 0 Å². The van der Waals surface area contributed by atoms with Gasteiger partial charge in [-0.2, -0.15) is 0 Å². The van der Waals surface area contributed by atoms with Crippen molar-refractivity contribution in [2.24, 2.45) is 5.92 Å². The molecule has 0 saturated heterocycles. The van der Waals surface area contributed by atoms with E-state index in [2.05, 4.69) is 10.6 Å². The first-order valence-electron chi connectivity index (χ1n) is 10.4. The quantitative estimate of drug-likeness (QED) is 0.696. The van der Waals surface area contributed by atoms with Crippen LogP contribution >= 0.6 is 0 Å². The summed E-state index contributed by atoms with van der Waals surface area (Å²) in [7, 11) is 1.59. The highest BCUT2D eigenvalue weighted by molar-refractivity contribution is 5.95. The maximum Gasteiger partial charge on any atom is 0.251 e. The van der Waals surface area contributed by atoms with Crippen LogP contribution in [0.2, 0.25) is 0 Å². The van der Waals surface area contributed by atoms with E-state index in [4.69, 9.17) is 9.47 Å². The molecule has 30 heavy (non-hydrogen) atoms. The Hall–Kier alpha value is -3.02. The lowest BCUT2D eigenvalue weighted by molar-refractivity contribution is -0.125. The Bertz CT molecular complexity index is 847. The van der Waals surface area contributed by atoms with Crippen LogP contribution in [0, 0.1) is 5.92 Å². The molecule has 1 fully saturated rings. The van der Waals surface area contributed by atoms with E-state index < -0.39 is 0 Å². The molecule has 0 spiro atoms. The standard InChI is InChI=1S/C24H30N2O4/c1-16(2)30-20-11-7-17(8-12-20)15-25-24(28)21-5-4-6-22(21)26-23(27)18-9-13-19(29-3)14-10-18/h7-14,16,21-22H,4-6,15H2,1-3H3,(H,25,28)(H,26,27)/t21-,22+/m0/s1. The first-order chi connectivity index (χ1) is 14.5. The number of methoxy groups -OCH3 is 1. The Kier molecular flexibility index (Phi) is 7.33. The Morgan fingerprint density at radius 3 is 2.30 bits per heavy atom. The van der Waals surface area contributed by atoms with E-state index in [0.717, 1.165) is 30.6 Å². The smallest absolute Gasteiger partial charge is 0.251 e. The van der Waals surface area contributed by atoms with Gasteiger partial charge in [0.15, 0.2) is 0 Å². The number of benzene rings is 2. The van der Waals surface area contributed by atoms with E-state index >= 15 is 0 Å². The summed E-state index contributed by atoms with van der Waals surface area (Å²) < 4.78 is 10.8. The van der Waals surface area contributed by atoms with Gasteiger partial charge in [0.25, 0.3) is 5.91 Å². The van der Waals surface area contributed by atoms with Crippen LogP contribution in [0.3, 0.4) is 0 Å². The fraction of sp³-hybridized carbons (Fsp3) is 0.417. The van der Waals surface area contributed by atoms with Crippen LogP contribution in [0.5, 0.6) is 11.5 Å². The number of carbonyl (C=O) groups is 2. The van der Waals surface area contributed by atoms with E-state index in [0.29, 0.717) is 17.9 Å². The third-order valence-electron chi connectivity index (χ3n) is 5.28. The number of carbonyl (C=O) groups excluding carboxylic acids is 2. The Labute approximate surface area is 178 Å². The van der Waals surface area contributed by atoms with Gasteiger partial charge in [0.2, 0.25) is 5.91 Å². The van der Waals surface area contributed by atoms with Gasteiger partial charge in [0, 0.05) is 18.2 Å². The summed E-state index contributed by atoms with van der Waals surface area (Å²) in [4.78, 5) is 25.3. The lowest BCUT2D eigenvalue weighted by Gasteiger charge is -2.21. The molecule has 6 heteroatoms. The number of rotatable bonds is 8. The molecule has 6 nitrogen and oxygen atoms in total. The largest absolute Gasteiger partial charge is 0.497 e. The molecule has 0 aromatic heterocycles. The lowest BCUT2D eigenvalue weighted by Crippen LogP contribution is -2.43. The summed E-state index contributed by atoms with van der Waals surface area (Å²) in [6.07, 6.45) is 2.64. The predicted molar refractivity (Wildman–Crippen MR) is 116 cm³/mol. The van der Waals surface area contributed by atoms with Gasteiger partial charge in [-0.05, 0) is 68.7 Å². The number of nitrogens with one attached hydrogen (secondary N) is 2. The van der Waals surface area contributed by atoms with Crippen molar-refractivity contribution in [3.05, 3.63) is 59.7 Å². The van der Waals surface area contributed by atoms with E-state index in [9.17, 15) is 9.59 Å². The van der Waals surface area contributed by atoms with Crippen molar-refractivity contribution in [2.45, 2.75) is 51.8 Å². The minimum atomic E-state index is -0.212. The molecule has 2 aromatic carbocycles. The summed E-state index contributed by atoms with van der Waals surface area (Å²) in [6, 6.07) is 14.5. The highest BCUT2D eigenvalue weighted by atomic mass is 16.5. The summed E-state index contributed by atoms with van der Waals surface area (Å²) in [6.45, 7) is 4.43. The van der Waals surface area contributed by atoms with Crippen LogP contribution in [-0.2, 0) is 11.3 Å². The third kappa shape index (κ3) is 5.75. The van der Waals surface area contributed by atoms with Crippen molar-refractivity contribution in [3.63, 3.8) is 0 Å².